The number of benzene rings is 1. The quantitative estimate of drug-likeness (QED) is 0.752. The number of nitrogens with one attached hydrogen (secondary N) is 2. The molecule has 0 saturated heterocycles. The van der Waals surface area contributed by atoms with Crippen LogP contribution in [0.15, 0.2) is 41.2 Å². The normalized spacial score (nSPS) is 13.2. The Kier molecular flexibility index (Phi) is 4.20. The lowest BCUT2D eigenvalue weighted by Crippen LogP contribution is -2.32. The highest BCUT2D eigenvalue weighted by Crippen LogP contribution is 2.32. The van der Waals surface area contributed by atoms with Crippen LogP contribution in [0.4, 0.5) is 0 Å². The average molecular weight is 312 g/mol. The first-order chi connectivity index (χ1) is 11.0. The topological polar surface area (TPSA) is 92.5 Å². The lowest BCUT2D eigenvalue weighted by molar-refractivity contribution is 0.211. The molecule has 2 heterocycles. The monoisotopic (exact) mass is 312 g/mol. The molecular formula is C16H20N6O. The average Bonchev–Trinajstić information content (AvgIpc) is 3.18. The maximum atomic E-state index is 5.45. The Morgan fingerprint density at radius 2 is 2.00 bits per heavy atom. The van der Waals surface area contributed by atoms with Crippen molar-refractivity contribution in [3.8, 4) is 11.6 Å². The van der Waals surface area contributed by atoms with E-state index in [4.69, 9.17) is 4.52 Å². The Morgan fingerprint density at radius 3 is 2.65 bits per heavy atom. The molecule has 0 aliphatic carbocycles. The van der Waals surface area contributed by atoms with Crippen LogP contribution in [0.1, 0.15) is 38.3 Å². The molecule has 0 amide bonds. The van der Waals surface area contributed by atoms with Gasteiger partial charge in [-0.15, -0.1) is 0 Å². The smallest absolute Gasteiger partial charge is 0.244 e. The fourth-order valence-electron chi connectivity index (χ4n) is 2.34. The van der Waals surface area contributed by atoms with Crippen molar-refractivity contribution in [1.29, 1.82) is 0 Å². The molecule has 3 rings (SSSR count). The molecule has 0 radical (unpaired) electrons. The molecule has 0 saturated carbocycles. The van der Waals surface area contributed by atoms with E-state index in [-0.39, 0.29) is 11.5 Å². The maximum Gasteiger partial charge on any atom is 0.244 e. The zero-order valence-corrected chi connectivity index (χ0v) is 13.4. The third kappa shape index (κ3) is 3.62. The first-order valence-corrected chi connectivity index (χ1v) is 7.50. The Morgan fingerprint density at radius 1 is 1.22 bits per heavy atom. The minimum atomic E-state index is -0.0833. The maximum absolute atomic E-state index is 5.45. The first kappa shape index (κ1) is 15.4. The number of aromatic amines is 1. The van der Waals surface area contributed by atoms with Gasteiger partial charge in [-0.3, -0.25) is 5.10 Å². The SMILES string of the molecule is CC(C)(C)[C@@H](NCc1ccccc1)c1nc(-c2ncn[nH]2)no1. The molecule has 23 heavy (non-hydrogen) atoms. The minimum absolute atomic E-state index is 0.0770. The van der Waals surface area contributed by atoms with Crippen LogP contribution >= 0.6 is 0 Å². The number of aromatic nitrogens is 5. The van der Waals surface area contributed by atoms with Crippen molar-refractivity contribution >= 4 is 0 Å². The van der Waals surface area contributed by atoms with Gasteiger partial charge in [0.1, 0.15) is 6.33 Å². The van der Waals surface area contributed by atoms with Gasteiger partial charge in [-0.05, 0) is 11.0 Å². The van der Waals surface area contributed by atoms with Crippen LogP contribution in [-0.2, 0) is 6.54 Å². The van der Waals surface area contributed by atoms with Gasteiger partial charge in [0.15, 0.2) is 5.82 Å². The lowest BCUT2D eigenvalue weighted by Gasteiger charge is -2.28. The largest absolute Gasteiger partial charge is 0.337 e. The van der Waals surface area contributed by atoms with E-state index in [9.17, 15) is 0 Å². The van der Waals surface area contributed by atoms with Crippen LogP contribution in [0.5, 0.6) is 0 Å². The van der Waals surface area contributed by atoms with E-state index >= 15 is 0 Å². The van der Waals surface area contributed by atoms with E-state index in [2.05, 4.69) is 63.5 Å². The molecule has 1 atom stereocenters. The van der Waals surface area contributed by atoms with E-state index in [1.807, 2.05) is 18.2 Å². The summed E-state index contributed by atoms with van der Waals surface area (Å²) in [6.45, 7) is 7.12. The highest BCUT2D eigenvalue weighted by molar-refractivity contribution is 5.39. The fourth-order valence-corrected chi connectivity index (χ4v) is 2.34. The number of hydrogen-bond donors (Lipinski definition) is 2. The van der Waals surface area contributed by atoms with Crippen LogP contribution in [0, 0.1) is 5.41 Å². The summed E-state index contributed by atoms with van der Waals surface area (Å²) in [7, 11) is 0. The highest BCUT2D eigenvalue weighted by atomic mass is 16.5. The number of rotatable bonds is 5. The van der Waals surface area contributed by atoms with E-state index in [0.717, 1.165) is 6.54 Å². The van der Waals surface area contributed by atoms with E-state index < -0.39 is 0 Å². The van der Waals surface area contributed by atoms with Crippen LogP contribution in [-0.4, -0.2) is 25.3 Å². The van der Waals surface area contributed by atoms with Gasteiger partial charge in [-0.25, -0.2) is 4.98 Å². The summed E-state index contributed by atoms with van der Waals surface area (Å²) in [6, 6.07) is 10.1. The summed E-state index contributed by atoms with van der Waals surface area (Å²) >= 11 is 0. The Hall–Kier alpha value is -2.54. The number of nitrogens with zero attached hydrogens (tertiary/aromatic N) is 4. The van der Waals surface area contributed by atoms with Gasteiger partial charge in [0.25, 0.3) is 0 Å². The highest BCUT2D eigenvalue weighted by Gasteiger charge is 2.31. The molecular weight excluding hydrogens is 292 g/mol. The molecule has 3 aromatic rings. The molecule has 2 aromatic heterocycles. The first-order valence-electron chi connectivity index (χ1n) is 7.50. The van der Waals surface area contributed by atoms with Crippen LogP contribution in [0.25, 0.3) is 11.6 Å². The van der Waals surface area contributed by atoms with Crippen molar-refractivity contribution in [2.24, 2.45) is 5.41 Å². The van der Waals surface area contributed by atoms with Gasteiger partial charge >= 0.3 is 0 Å². The molecule has 1 aromatic carbocycles. The summed E-state index contributed by atoms with van der Waals surface area (Å²) < 4.78 is 5.45. The molecule has 2 N–H and O–H groups in total. The lowest BCUT2D eigenvalue weighted by atomic mass is 9.86. The fraction of sp³-hybridized carbons (Fsp3) is 0.375. The second kappa shape index (κ2) is 6.29. The number of hydrogen-bond acceptors (Lipinski definition) is 6. The van der Waals surface area contributed by atoms with Crippen molar-refractivity contribution in [2.75, 3.05) is 0 Å². The number of H-pyrrole nitrogens is 1. The molecule has 120 valence electrons. The van der Waals surface area contributed by atoms with Gasteiger partial charge < -0.3 is 9.84 Å². The molecule has 7 heteroatoms. The summed E-state index contributed by atoms with van der Waals surface area (Å²) in [5.41, 5.74) is 1.12. The molecule has 0 bridgehead atoms. The summed E-state index contributed by atoms with van der Waals surface area (Å²) in [5, 5.41) is 14.0. The predicted molar refractivity (Wildman–Crippen MR) is 85.2 cm³/mol. The van der Waals surface area contributed by atoms with E-state index in [1.165, 1.54) is 11.9 Å². The van der Waals surface area contributed by atoms with Gasteiger partial charge in [-0.1, -0.05) is 56.3 Å². The molecule has 0 aliphatic rings. The van der Waals surface area contributed by atoms with E-state index in [1.54, 1.807) is 0 Å². The third-order valence-corrected chi connectivity index (χ3v) is 3.53. The van der Waals surface area contributed by atoms with Crippen LogP contribution < -0.4 is 5.32 Å². The van der Waals surface area contributed by atoms with Gasteiger partial charge in [-0.2, -0.15) is 10.1 Å². The van der Waals surface area contributed by atoms with Gasteiger partial charge in [0.2, 0.25) is 11.7 Å². The molecule has 7 nitrogen and oxygen atoms in total. The van der Waals surface area contributed by atoms with Crippen LogP contribution in [0.2, 0.25) is 0 Å². The van der Waals surface area contributed by atoms with Crippen molar-refractivity contribution in [3.05, 3.63) is 48.1 Å². The van der Waals surface area contributed by atoms with E-state index in [0.29, 0.717) is 17.5 Å². The standard InChI is InChI=1S/C16H20N6O/c1-16(2,3)12(17-9-11-7-5-4-6-8-11)15-20-14(22-23-15)13-18-10-19-21-13/h4-8,10,12,17H,9H2,1-3H3,(H,18,19,21)/t12-/m0/s1. The Balaban J connectivity index is 1.79. The summed E-state index contributed by atoms with van der Waals surface area (Å²) in [5.74, 6) is 1.45. The van der Waals surface area contributed by atoms with Crippen molar-refractivity contribution in [1.82, 2.24) is 30.6 Å². The third-order valence-electron chi connectivity index (χ3n) is 3.53. The summed E-state index contributed by atoms with van der Waals surface area (Å²) in [6.07, 6.45) is 1.42. The molecule has 0 fully saturated rings. The zero-order chi connectivity index (χ0) is 16.3. The van der Waals surface area contributed by atoms with Crippen LogP contribution in [0.3, 0.4) is 0 Å². The molecule has 0 spiro atoms. The van der Waals surface area contributed by atoms with Gasteiger partial charge in [0.05, 0.1) is 6.04 Å². The van der Waals surface area contributed by atoms with Crippen molar-refractivity contribution in [3.63, 3.8) is 0 Å². The van der Waals surface area contributed by atoms with Gasteiger partial charge in [0, 0.05) is 6.54 Å². The minimum Gasteiger partial charge on any atom is -0.337 e. The second-order valence-corrected chi connectivity index (χ2v) is 6.46. The Bertz CT molecular complexity index is 730. The molecule has 0 unspecified atom stereocenters. The second-order valence-electron chi connectivity index (χ2n) is 6.46. The molecule has 0 aliphatic heterocycles. The Labute approximate surface area is 134 Å². The van der Waals surface area contributed by atoms with Crippen molar-refractivity contribution in [2.45, 2.75) is 33.4 Å². The summed E-state index contributed by atoms with van der Waals surface area (Å²) in [4.78, 5) is 8.50. The predicted octanol–water partition coefficient (Wildman–Crippen LogP) is 2.73. The van der Waals surface area contributed by atoms with Crippen molar-refractivity contribution < 1.29 is 4.52 Å². The zero-order valence-electron chi connectivity index (χ0n) is 13.4.